The van der Waals surface area contributed by atoms with Gasteiger partial charge in [0.2, 0.25) is 0 Å². The average molecular weight is 259 g/mol. The van der Waals surface area contributed by atoms with E-state index in [0.717, 1.165) is 18.4 Å². The molecule has 100 valence electrons. The van der Waals surface area contributed by atoms with Gasteiger partial charge < -0.3 is 10.6 Å². The highest BCUT2D eigenvalue weighted by atomic mass is 19.4. The summed E-state index contributed by atoms with van der Waals surface area (Å²) in [5.74, 6) is 0.374. The summed E-state index contributed by atoms with van der Waals surface area (Å²) < 4.78 is 37.5. The molecule has 1 aliphatic carbocycles. The zero-order valence-electron chi connectivity index (χ0n) is 10.1. The highest BCUT2D eigenvalue weighted by Crippen LogP contribution is 2.33. The second-order valence-electron chi connectivity index (χ2n) is 4.71. The Hall–Kier alpha value is -1.30. The average Bonchev–Trinajstić information content (AvgIpc) is 3.08. The molecule has 0 saturated heterocycles. The molecule has 0 spiro atoms. The molecule has 0 radical (unpaired) electrons. The SMILES string of the molecule is C[C@@H](N)c1ccc(N(CC(F)(F)F)C2CC2)nc1. The maximum Gasteiger partial charge on any atom is 0.405 e. The van der Waals surface area contributed by atoms with Crippen molar-refractivity contribution in [3.05, 3.63) is 23.9 Å². The van der Waals surface area contributed by atoms with Crippen LogP contribution in [0.2, 0.25) is 0 Å². The first-order chi connectivity index (χ1) is 8.37. The van der Waals surface area contributed by atoms with E-state index in [1.807, 2.05) is 6.92 Å². The van der Waals surface area contributed by atoms with Crippen LogP contribution in [0.4, 0.5) is 19.0 Å². The van der Waals surface area contributed by atoms with Crippen molar-refractivity contribution in [3.8, 4) is 0 Å². The zero-order chi connectivity index (χ0) is 13.3. The van der Waals surface area contributed by atoms with Gasteiger partial charge in [0.25, 0.3) is 0 Å². The van der Waals surface area contributed by atoms with Crippen LogP contribution in [0.1, 0.15) is 31.4 Å². The van der Waals surface area contributed by atoms with Gasteiger partial charge >= 0.3 is 6.18 Å². The lowest BCUT2D eigenvalue weighted by Gasteiger charge is -2.25. The number of rotatable bonds is 4. The van der Waals surface area contributed by atoms with E-state index in [4.69, 9.17) is 5.73 Å². The first kappa shape index (κ1) is 13.1. The van der Waals surface area contributed by atoms with Crippen LogP contribution in [-0.2, 0) is 0 Å². The number of halogens is 3. The summed E-state index contributed by atoms with van der Waals surface area (Å²) in [5, 5.41) is 0. The van der Waals surface area contributed by atoms with Gasteiger partial charge in [0.1, 0.15) is 12.4 Å². The van der Waals surface area contributed by atoms with Crippen LogP contribution in [0.5, 0.6) is 0 Å². The van der Waals surface area contributed by atoms with Gasteiger partial charge in [0.15, 0.2) is 0 Å². The van der Waals surface area contributed by atoms with E-state index in [9.17, 15) is 13.2 Å². The molecule has 2 rings (SSSR count). The predicted octanol–water partition coefficient (Wildman–Crippen LogP) is 2.63. The van der Waals surface area contributed by atoms with Crippen molar-refractivity contribution in [2.24, 2.45) is 5.73 Å². The van der Waals surface area contributed by atoms with Crippen molar-refractivity contribution in [2.75, 3.05) is 11.4 Å². The number of hydrogen-bond donors (Lipinski definition) is 1. The van der Waals surface area contributed by atoms with Crippen LogP contribution in [0.3, 0.4) is 0 Å². The molecule has 1 aromatic heterocycles. The van der Waals surface area contributed by atoms with Crippen molar-refractivity contribution in [2.45, 2.75) is 38.0 Å². The van der Waals surface area contributed by atoms with Crippen LogP contribution >= 0.6 is 0 Å². The molecule has 0 aromatic carbocycles. The number of nitrogens with two attached hydrogens (primary N) is 1. The Morgan fingerprint density at radius 2 is 2.11 bits per heavy atom. The molecule has 2 N–H and O–H groups in total. The van der Waals surface area contributed by atoms with Crippen LogP contribution < -0.4 is 10.6 Å². The van der Waals surface area contributed by atoms with E-state index in [1.54, 1.807) is 18.3 Å². The van der Waals surface area contributed by atoms with Crippen molar-refractivity contribution in [1.82, 2.24) is 4.98 Å². The standard InChI is InChI=1S/C12H16F3N3/c1-8(16)9-2-5-11(17-6-9)18(10-3-4-10)7-12(13,14)15/h2,5-6,8,10H,3-4,7,16H2,1H3/t8-/m1/s1. The first-order valence-corrected chi connectivity index (χ1v) is 5.92. The monoisotopic (exact) mass is 259 g/mol. The lowest BCUT2D eigenvalue weighted by atomic mass is 10.1. The summed E-state index contributed by atoms with van der Waals surface area (Å²) in [6, 6.07) is 3.16. The largest absolute Gasteiger partial charge is 0.405 e. The third kappa shape index (κ3) is 3.35. The third-order valence-corrected chi connectivity index (χ3v) is 2.93. The normalized spacial score (nSPS) is 17.6. The minimum absolute atomic E-state index is 0.0275. The van der Waals surface area contributed by atoms with E-state index in [2.05, 4.69) is 4.98 Å². The van der Waals surface area contributed by atoms with Crippen LogP contribution in [0.25, 0.3) is 0 Å². The summed E-state index contributed by atoms with van der Waals surface area (Å²) in [6.07, 6.45) is -1.06. The van der Waals surface area contributed by atoms with Gasteiger partial charge in [-0.2, -0.15) is 13.2 Å². The van der Waals surface area contributed by atoms with Gasteiger partial charge in [-0.1, -0.05) is 6.07 Å². The van der Waals surface area contributed by atoms with E-state index >= 15 is 0 Å². The molecule has 0 amide bonds. The van der Waals surface area contributed by atoms with Gasteiger partial charge in [-0.25, -0.2) is 4.98 Å². The van der Waals surface area contributed by atoms with Gasteiger partial charge in [-0.15, -0.1) is 0 Å². The molecular weight excluding hydrogens is 243 g/mol. The second kappa shape index (κ2) is 4.76. The Labute approximate surface area is 104 Å². The second-order valence-corrected chi connectivity index (χ2v) is 4.71. The number of hydrogen-bond acceptors (Lipinski definition) is 3. The molecule has 1 fully saturated rings. The number of aromatic nitrogens is 1. The Morgan fingerprint density at radius 3 is 2.50 bits per heavy atom. The molecule has 0 bridgehead atoms. The highest BCUT2D eigenvalue weighted by molar-refractivity contribution is 5.42. The lowest BCUT2D eigenvalue weighted by molar-refractivity contribution is -0.120. The Kier molecular flexibility index (Phi) is 3.47. The van der Waals surface area contributed by atoms with E-state index in [0.29, 0.717) is 5.82 Å². The smallest absolute Gasteiger partial charge is 0.345 e. The topological polar surface area (TPSA) is 42.1 Å². The fourth-order valence-corrected chi connectivity index (χ4v) is 1.81. The number of pyridine rings is 1. The molecule has 1 aromatic rings. The fourth-order valence-electron chi connectivity index (χ4n) is 1.81. The maximum atomic E-state index is 12.5. The summed E-state index contributed by atoms with van der Waals surface area (Å²) in [5.41, 5.74) is 6.50. The van der Waals surface area contributed by atoms with Gasteiger partial charge in [-0.3, -0.25) is 0 Å². The van der Waals surface area contributed by atoms with Crippen molar-refractivity contribution in [3.63, 3.8) is 0 Å². The summed E-state index contributed by atoms with van der Waals surface area (Å²) in [7, 11) is 0. The molecule has 1 aliphatic rings. The molecule has 1 heterocycles. The van der Waals surface area contributed by atoms with E-state index in [1.165, 1.54) is 4.90 Å². The quantitative estimate of drug-likeness (QED) is 0.903. The van der Waals surface area contributed by atoms with Crippen LogP contribution in [0.15, 0.2) is 18.3 Å². The van der Waals surface area contributed by atoms with Gasteiger partial charge in [0.05, 0.1) is 0 Å². The van der Waals surface area contributed by atoms with Crippen molar-refractivity contribution in [1.29, 1.82) is 0 Å². The maximum absolute atomic E-state index is 12.5. The van der Waals surface area contributed by atoms with Crippen molar-refractivity contribution < 1.29 is 13.2 Å². The predicted molar refractivity (Wildman–Crippen MR) is 63.3 cm³/mol. The Bertz CT molecular complexity index is 396. The minimum atomic E-state index is -4.20. The summed E-state index contributed by atoms with van der Waals surface area (Å²) in [6.45, 7) is 0.868. The molecule has 6 heteroatoms. The van der Waals surface area contributed by atoms with Gasteiger partial charge in [0, 0.05) is 18.3 Å². The Morgan fingerprint density at radius 1 is 1.44 bits per heavy atom. The third-order valence-electron chi connectivity index (χ3n) is 2.93. The molecule has 1 saturated carbocycles. The number of nitrogens with zero attached hydrogens (tertiary/aromatic N) is 2. The van der Waals surface area contributed by atoms with Crippen LogP contribution in [0, 0.1) is 0 Å². The van der Waals surface area contributed by atoms with Crippen LogP contribution in [-0.4, -0.2) is 23.7 Å². The molecule has 0 aliphatic heterocycles. The molecule has 18 heavy (non-hydrogen) atoms. The summed E-state index contributed by atoms with van der Waals surface area (Å²) >= 11 is 0. The molecule has 3 nitrogen and oxygen atoms in total. The molecular formula is C12H16F3N3. The fraction of sp³-hybridized carbons (Fsp3) is 0.583. The van der Waals surface area contributed by atoms with Crippen molar-refractivity contribution >= 4 is 5.82 Å². The number of anilines is 1. The first-order valence-electron chi connectivity index (χ1n) is 5.92. The molecule has 1 atom stereocenters. The Balaban J connectivity index is 2.15. The highest BCUT2D eigenvalue weighted by Gasteiger charge is 2.38. The zero-order valence-corrected chi connectivity index (χ0v) is 10.1. The summed E-state index contributed by atoms with van der Waals surface area (Å²) in [4.78, 5) is 5.42. The molecule has 0 unspecified atom stereocenters. The van der Waals surface area contributed by atoms with E-state index in [-0.39, 0.29) is 12.1 Å². The lowest BCUT2D eigenvalue weighted by Crippen LogP contribution is -2.36. The minimum Gasteiger partial charge on any atom is -0.345 e. The number of alkyl halides is 3. The van der Waals surface area contributed by atoms with E-state index < -0.39 is 12.7 Å². The van der Waals surface area contributed by atoms with Gasteiger partial charge in [-0.05, 0) is 31.4 Å².